The SMILES string of the molecule is C=N/C=C(\C=NCCC(CCCCc1cc(F)c(CCN2CC(CC)C2)c(F)c1)CCNC)CCC. The maximum absolute atomic E-state index is 14.6. The van der Waals surface area contributed by atoms with Crippen molar-refractivity contribution < 1.29 is 8.78 Å². The number of allylic oxidation sites excluding steroid dienone is 1. The van der Waals surface area contributed by atoms with E-state index in [1.807, 2.05) is 13.3 Å². The molecule has 4 nitrogen and oxygen atoms in total. The zero-order valence-corrected chi connectivity index (χ0v) is 22.9. The summed E-state index contributed by atoms with van der Waals surface area (Å²) in [6, 6.07) is 3.10. The van der Waals surface area contributed by atoms with Gasteiger partial charge in [-0.25, -0.2) is 8.78 Å². The first-order valence-electron chi connectivity index (χ1n) is 14.0. The Balaban J connectivity index is 1.76. The van der Waals surface area contributed by atoms with E-state index in [-0.39, 0.29) is 17.2 Å². The molecule has 1 atom stereocenters. The summed E-state index contributed by atoms with van der Waals surface area (Å²) in [5, 5.41) is 3.25. The fraction of sp³-hybridized carbons (Fsp3) is 0.667. The fourth-order valence-electron chi connectivity index (χ4n) is 4.98. The molecular weight excluding hydrogens is 454 g/mol. The monoisotopic (exact) mass is 502 g/mol. The number of aryl methyl sites for hydroxylation is 1. The van der Waals surface area contributed by atoms with E-state index in [0.29, 0.717) is 12.3 Å². The van der Waals surface area contributed by atoms with E-state index in [9.17, 15) is 8.78 Å². The second-order valence-corrected chi connectivity index (χ2v) is 10.3. The smallest absolute Gasteiger partial charge is 0.129 e. The molecule has 1 aromatic rings. The normalized spacial score (nSPS) is 16.0. The van der Waals surface area contributed by atoms with Crippen LogP contribution in [-0.4, -0.2) is 57.6 Å². The van der Waals surface area contributed by atoms with Crippen molar-refractivity contribution in [2.24, 2.45) is 21.8 Å². The highest BCUT2D eigenvalue weighted by Crippen LogP contribution is 2.23. The lowest BCUT2D eigenvalue weighted by Gasteiger charge is -2.38. The van der Waals surface area contributed by atoms with Crippen molar-refractivity contribution in [3.63, 3.8) is 0 Å². The van der Waals surface area contributed by atoms with Crippen molar-refractivity contribution in [2.45, 2.75) is 78.1 Å². The number of likely N-dealkylation sites (tertiary alicyclic amines) is 1. The van der Waals surface area contributed by atoms with Gasteiger partial charge in [0.1, 0.15) is 11.6 Å². The number of hydrogen-bond acceptors (Lipinski definition) is 4. The maximum Gasteiger partial charge on any atom is 0.129 e. The second kappa shape index (κ2) is 17.5. The Hall–Kier alpha value is -1.92. The van der Waals surface area contributed by atoms with Crippen molar-refractivity contribution in [1.82, 2.24) is 10.2 Å². The van der Waals surface area contributed by atoms with E-state index in [2.05, 4.69) is 40.8 Å². The summed E-state index contributed by atoms with van der Waals surface area (Å²) in [6.45, 7) is 12.5. The lowest BCUT2D eigenvalue weighted by Crippen LogP contribution is -2.47. The van der Waals surface area contributed by atoms with E-state index in [4.69, 9.17) is 0 Å². The molecule has 0 spiro atoms. The Kier molecular flexibility index (Phi) is 14.7. The van der Waals surface area contributed by atoms with E-state index < -0.39 is 0 Å². The molecule has 0 saturated carbocycles. The average Bonchev–Trinajstić information content (AvgIpc) is 2.83. The molecule has 0 aliphatic carbocycles. The molecule has 1 saturated heterocycles. The molecule has 36 heavy (non-hydrogen) atoms. The van der Waals surface area contributed by atoms with Gasteiger partial charge >= 0.3 is 0 Å². The first-order chi connectivity index (χ1) is 17.5. The van der Waals surface area contributed by atoms with Gasteiger partial charge in [-0.2, -0.15) is 0 Å². The molecular formula is C30H48F2N4. The fourth-order valence-corrected chi connectivity index (χ4v) is 4.98. The lowest BCUT2D eigenvalue weighted by molar-refractivity contribution is 0.0989. The van der Waals surface area contributed by atoms with Crippen LogP contribution in [0.2, 0.25) is 0 Å². The largest absolute Gasteiger partial charge is 0.320 e. The van der Waals surface area contributed by atoms with Crippen LogP contribution in [0.3, 0.4) is 0 Å². The summed E-state index contributed by atoms with van der Waals surface area (Å²) < 4.78 is 29.3. The van der Waals surface area contributed by atoms with Gasteiger partial charge < -0.3 is 10.2 Å². The zero-order valence-electron chi connectivity index (χ0n) is 22.9. The average molecular weight is 503 g/mol. The van der Waals surface area contributed by atoms with Crippen molar-refractivity contribution in [3.8, 4) is 0 Å². The van der Waals surface area contributed by atoms with Gasteiger partial charge in [-0.3, -0.25) is 9.98 Å². The van der Waals surface area contributed by atoms with Gasteiger partial charge in [0, 0.05) is 44.2 Å². The minimum atomic E-state index is -0.384. The van der Waals surface area contributed by atoms with Gasteiger partial charge in [0.2, 0.25) is 0 Å². The highest BCUT2D eigenvalue weighted by atomic mass is 19.1. The van der Waals surface area contributed by atoms with Crippen LogP contribution >= 0.6 is 0 Å². The van der Waals surface area contributed by atoms with E-state index >= 15 is 0 Å². The summed E-state index contributed by atoms with van der Waals surface area (Å²) in [5.41, 5.74) is 2.13. The van der Waals surface area contributed by atoms with Gasteiger partial charge in [-0.15, -0.1) is 0 Å². The molecule has 1 N–H and O–H groups in total. The third kappa shape index (κ3) is 11.0. The zero-order chi connectivity index (χ0) is 26.2. The summed E-state index contributed by atoms with van der Waals surface area (Å²) in [5.74, 6) is 0.578. The number of unbranched alkanes of at least 4 members (excludes halogenated alkanes) is 1. The highest BCUT2D eigenvalue weighted by Gasteiger charge is 2.25. The minimum Gasteiger partial charge on any atom is -0.320 e. The molecule has 1 aliphatic rings. The second-order valence-electron chi connectivity index (χ2n) is 10.3. The van der Waals surface area contributed by atoms with Crippen LogP contribution in [0.5, 0.6) is 0 Å². The van der Waals surface area contributed by atoms with Crippen LogP contribution in [0, 0.1) is 23.5 Å². The Bertz CT molecular complexity index is 807. The van der Waals surface area contributed by atoms with Crippen LogP contribution in [0.15, 0.2) is 33.9 Å². The summed E-state index contributed by atoms with van der Waals surface area (Å²) >= 11 is 0. The van der Waals surface area contributed by atoms with Crippen molar-refractivity contribution >= 4 is 12.9 Å². The standard InChI is InChI=1S/C30H48F2N4/c1-5-9-27(20-34-4)21-35-16-13-25(12-15-33-3)10-7-8-11-26-18-29(31)28(30(32)19-26)14-17-36-22-24(6-2)23-36/h18-21,24-25,33H,4-17,22-23H2,1-3H3/b27-20-,35-21?. The number of hydrogen-bond donors (Lipinski definition) is 1. The molecule has 2 rings (SSSR count). The van der Waals surface area contributed by atoms with Crippen molar-refractivity contribution in [3.05, 3.63) is 46.7 Å². The third-order valence-corrected chi connectivity index (χ3v) is 7.34. The molecule has 1 heterocycles. The molecule has 1 fully saturated rings. The van der Waals surface area contributed by atoms with E-state index in [0.717, 1.165) is 101 Å². The molecule has 1 unspecified atom stereocenters. The topological polar surface area (TPSA) is 40.0 Å². The quantitative estimate of drug-likeness (QED) is 0.170. The van der Waals surface area contributed by atoms with Crippen molar-refractivity contribution in [2.75, 3.05) is 39.8 Å². The van der Waals surface area contributed by atoms with Crippen LogP contribution < -0.4 is 5.32 Å². The summed E-state index contributed by atoms with van der Waals surface area (Å²) in [4.78, 5) is 10.8. The van der Waals surface area contributed by atoms with Crippen LogP contribution in [0.1, 0.15) is 76.3 Å². The molecule has 1 aliphatic heterocycles. The van der Waals surface area contributed by atoms with Crippen molar-refractivity contribution in [1.29, 1.82) is 0 Å². The van der Waals surface area contributed by atoms with E-state index in [1.54, 1.807) is 18.3 Å². The van der Waals surface area contributed by atoms with E-state index in [1.165, 1.54) is 6.42 Å². The Morgan fingerprint density at radius 3 is 2.53 bits per heavy atom. The Morgan fingerprint density at radius 1 is 1.14 bits per heavy atom. The molecule has 0 radical (unpaired) electrons. The number of benzene rings is 1. The summed E-state index contributed by atoms with van der Waals surface area (Å²) in [7, 11) is 1.98. The number of nitrogens with zero attached hydrogens (tertiary/aromatic N) is 3. The molecule has 0 aromatic heterocycles. The third-order valence-electron chi connectivity index (χ3n) is 7.34. The predicted molar refractivity (Wildman–Crippen MR) is 150 cm³/mol. The first kappa shape index (κ1) is 30.3. The molecule has 6 heteroatoms. The predicted octanol–water partition coefficient (Wildman–Crippen LogP) is 6.63. The Morgan fingerprint density at radius 2 is 1.89 bits per heavy atom. The minimum absolute atomic E-state index is 0.243. The summed E-state index contributed by atoms with van der Waals surface area (Å²) in [6.07, 6.45) is 13.4. The molecule has 0 amide bonds. The number of rotatable bonds is 19. The number of halogens is 2. The number of nitrogens with one attached hydrogen (secondary N) is 1. The van der Waals surface area contributed by atoms with Gasteiger partial charge in [0.25, 0.3) is 0 Å². The highest BCUT2D eigenvalue weighted by molar-refractivity contribution is 5.78. The molecule has 1 aromatic carbocycles. The molecule has 202 valence electrons. The van der Waals surface area contributed by atoms with Gasteiger partial charge in [0.15, 0.2) is 0 Å². The van der Waals surface area contributed by atoms with Gasteiger partial charge in [-0.1, -0.05) is 39.5 Å². The lowest BCUT2D eigenvalue weighted by atomic mass is 9.93. The van der Waals surface area contributed by atoms with Gasteiger partial charge in [0.05, 0.1) is 0 Å². The van der Waals surface area contributed by atoms with Crippen LogP contribution in [0.25, 0.3) is 0 Å². The van der Waals surface area contributed by atoms with Crippen LogP contribution in [0.4, 0.5) is 8.78 Å². The number of aliphatic imine (C=N–C) groups is 2. The maximum atomic E-state index is 14.6. The van der Waals surface area contributed by atoms with Crippen LogP contribution in [-0.2, 0) is 12.8 Å². The molecule has 0 bridgehead atoms. The first-order valence-corrected chi connectivity index (χ1v) is 14.0. The Labute approximate surface area is 218 Å². The van der Waals surface area contributed by atoms with Gasteiger partial charge in [-0.05, 0) is 93.9 Å².